The van der Waals surface area contributed by atoms with Crippen molar-refractivity contribution in [1.82, 2.24) is 14.5 Å². The van der Waals surface area contributed by atoms with Crippen LogP contribution in [0.3, 0.4) is 0 Å². The highest BCUT2D eigenvalue weighted by Gasteiger charge is 2.34. The van der Waals surface area contributed by atoms with Crippen LogP contribution < -0.4 is 5.56 Å². The lowest BCUT2D eigenvalue weighted by molar-refractivity contribution is 0.0664. The Kier molecular flexibility index (Phi) is 5.19. The molecule has 0 aliphatic carbocycles. The number of thiophene rings is 1. The number of fused-ring (bicyclic) bond motifs is 2. The van der Waals surface area contributed by atoms with Crippen molar-refractivity contribution >= 4 is 45.1 Å². The zero-order chi connectivity index (χ0) is 22.4. The van der Waals surface area contributed by atoms with Crippen LogP contribution in [-0.2, 0) is 0 Å². The summed E-state index contributed by atoms with van der Waals surface area (Å²) in [5.41, 5.74) is 2.46. The Balaban J connectivity index is 1.48. The number of aromatic nitrogens is 2. The number of carbonyl (C=O) groups is 2. The number of hydrogen-bond acceptors (Lipinski definition) is 6. The molecule has 2 aromatic carbocycles. The first-order valence-electron chi connectivity index (χ1n) is 10.1. The minimum Gasteiger partial charge on any atom is -0.273 e. The van der Waals surface area contributed by atoms with E-state index in [1.54, 1.807) is 28.8 Å². The maximum Gasteiger partial charge on any atom is 0.267 e. The van der Waals surface area contributed by atoms with Gasteiger partial charge in [0.2, 0.25) is 0 Å². The van der Waals surface area contributed by atoms with Crippen molar-refractivity contribution in [3.63, 3.8) is 0 Å². The molecule has 1 aliphatic heterocycles. The van der Waals surface area contributed by atoms with Crippen molar-refractivity contribution in [2.45, 2.75) is 19.0 Å². The Hall–Kier alpha value is -3.23. The molecule has 0 spiro atoms. The summed E-state index contributed by atoms with van der Waals surface area (Å²) in [7, 11) is 0. The smallest absolute Gasteiger partial charge is 0.267 e. The predicted molar refractivity (Wildman–Crippen MR) is 127 cm³/mol. The van der Waals surface area contributed by atoms with Crippen LogP contribution in [0.25, 0.3) is 15.9 Å². The second-order valence-electron chi connectivity index (χ2n) is 7.49. The van der Waals surface area contributed by atoms with E-state index in [2.05, 4.69) is 0 Å². The predicted octanol–water partition coefficient (Wildman–Crippen LogP) is 4.45. The van der Waals surface area contributed by atoms with E-state index in [1.165, 1.54) is 28.0 Å². The first-order valence-corrected chi connectivity index (χ1v) is 11.9. The molecule has 6 nitrogen and oxygen atoms in total. The van der Waals surface area contributed by atoms with E-state index in [0.717, 1.165) is 16.1 Å². The van der Waals surface area contributed by atoms with Gasteiger partial charge in [-0.3, -0.25) is 23.9 Å². The molecule has 3 heterocycles. The molecule has 0 radical (unpaired) electrons. The van der Waals surface area contributed by atoms with Crippen molar-refractivity contribution in [3.8, 4) is 5.69 Å². The maximum atomic E-state index is 13.5. The molecule has 32 heavy (non-hydrogen) atoms. The molecule has 1 aliphatic rings. The van der Waals surface area contributed by atoms with Crippen LogP contribution in [0.1, 0.15) is 31.2 Å². The molecular weight excluding hydrogens is 442 g/mol. The number of rotatable bonds is 5. The van der Waals surface area contributed by atoms with Gasteiger partial charge in [0.05, 0.1) is 22.2 Å². The number of thioether (sulfide) groups is 1. The molecule has 0 saturated carbocycles. The fourth-order valence-corrected chi connectivity index (χ4v) is 5.85. The molecule has 0 saturated heterocycles. The third-order valence-corrected chi connectivity index (χ3v) is 7.63. The largest absolute Gasteiger partial charge is 0.273 e. The molecule has 8 heteroatoms. The fourth-order valence-electron chi connectivity index (χ4n) is 3.85. The normalized spacial score (nSPS) is 13.2. The minimum atomic E-state index is -0.278. The van der Waals surface area contributed by atoms with Gasteiger partial charge in [0.25, 0.3) is 17.4 Å². The lowest BCUT2D eigenvalue weighted by atomic mass is 10.1. The highest BCUT2D eigenvalue weighted by atomic mass is 32.2. The monoisotopic (exact) mass is 461 g/mol. The topological polar surface area (TPSA) is 72.3 Å². The Morgan fingerprint density at radius 3 is 2.19 bits per heavy atom. The fraction of sp³-hybridized carbons (Fsp3) is 0.167. The summed E-state index contributed by atoms with van der Waals surface area (Å²) in [6.07, 6.45) is 0. The molecule has 0 unspecified atom stereocenters. The third kappa shape index (κ3) is 3.27. The molecular formula is C24H19N3O3S2. The SMILES string of the molecule is Cc1sc2nc(SCCN3C(=O)c4ccccc4C3=O)n(-c3ccccc3)c(=O)c2c1C. The molecule has 0 N–H and O–H groups in total. The van der Waals surface area contributed by atoms with Gasteiger partial charge in [0.1, 0.15) is 4.83 Å². The van der Waals surface area contributed by atoms with Gasteiger partial charge in [-0.2, -0.15) is 0 Å². The number of amides is 2. The second kappa shape index (κ2) is 8.03. The van der Waals surface area contributed by atoms with Crippen molar-refractivity contribution in [3.05, 3.63) is 86.5 Å². The van der Waals surface area contributed by atoms with E-state index in [-0.39, 0.29) is 23.9 Å². The van der Waals surface area contributed by atoms with Crippen molar-refractivity contribution < 1.29 is 9.59 Å². The van der Waals surface area contributed by atoms with Gasteiger partial charge in [-0.05, 0) is 43.7 Å². The molecule has 2 aromatic heterocycles. The van der Waals surface area contributed by atoms with Gasteiger partial charge in [-0.15, -0.1) is 11.3 Å². The number of carbonyl (C=O) groups excluding carboxylic acids is 2. The van der Waals surface area contributed by atoms with Crippen LogP contribution in [-0.4, -0.2) is 38.6 Å². The minimum absolute atomic E-state index is 0.105. The summed E-state index contributed by atoms with van der Waals surface area (Å²) in [6.45, 7) is 4.17. The van der Waals surface area contributed by atoms with E-state index in [9.17, 15) is 14.4 Å². The molecule has 0 fully saturated rings. The van der Waals surface area contributed by atoms with Crippen molar-refractivity contribution in [2.75, 3.05) is 12.3 Å². The number of para-hydroxylation sites is 1. The molecule has 0 bridgehead atoms. The summed E-state index contributed by atoms with van der Waals surface area (Å²) in [4.78, 5) is 46.6. The average Bonchev–Trinajstić information content (AvgIpc) is 3.22. The Bertz CT molecular complexity index is 1410. The Labute approximate surface area is 192 Å². The molecule has 5 rings (SSSR count). The van der Waals surface area contributed by atoms with Crippen LogP contribution in [0.15, 0.2) is 64.5 Å². The number of benzene rings is 2. The van der Waals surface area contributed by atoms with Gasteiger partial charge in [0.15, 0.2) is 5.16 Å². The average molecular weight is 462 g/mol. The number of hydrogen-bond donors (Lipinski definition) is 0. The summed E-state index contributed by atoms with van der Waals surface area (Å²) >= 11 is 2.87. The first kappa shape index (κ1) is 20.7. The number of nitrogens with zero attached hydrogens (tertiary/aromatic N) is 3. The van der Waals surface area contributed by atoms with Gasteiger partial charge in [-0.25, -0.2) is 4.98 Å². The van der Waals surface area contributed by atoms with E-state index < -0.39 is 0 Å². The van der Waals surface area contributed by atoms with E-state index in [1.807, 2.05) is 44.2 Å². The van der Waals surface area contributed by atoms with Gasteiger partial charge in [-0.1, -0.05) is 42.1 Å². The number of imide groups is 1. The van der Waals surface area contributed by atoms with E-state index in [4.69, 9.17) is 4.98 Å². The summed E-state index contributed by atoms with van der Waals surface area (Å²) in [5.74, 6) is -0.126. The van der Waals surface area contributed by atoms with Crippen LogP contribution >= 0.6 is 23.1 Å². The van der Waals surface area contributed by atoms with Crippen molar-refractivity contribution in [2.24, 2.45) is 0 Å². The molecule has 0 atom stereocenters. The van der Waals surface area contributed by atoms with Gasteiger partial charge in [0, 0.05) is 17.2 Å². The van der Waals surface area contributed by atoms with Crippen molar-refractivity contribution in [1.29, 1.82) is 0 Å². The third-order valence-electron chi connectivity index (χ3n) is 5.61. The summed E-state index contributed by atoms with van der Waals surface area (Å²) < 4.78 is 1.62. The molecule has 4 aromatic rings. The van der Waals surface area contributed by atoms with Gasteiger partial charge < -0.3 is 0 Å². The Morgan fingerprint density at radius 1 is 0.906 bits per heavy atom. The van der Waals surface area contributed by atoms with Crippen LogP contribution in [0.5, 0.6) is 0 Å². The highest BCUT2D eigenvalue weighted by molar-refractivity contribution is 7.99. The van der Waals surface area contributed by atoms with E-state index >= 15 is 0 Å². The highest BCUT2D eigenvalue weighted by Crippen LogP contribution is 2.30. The zero-order valence-corrected chi connectivity index (χ0v) is 19.1. The standard InChI is InChI=1S/C24H19N3O3S2/c1-14-15(2)32-20-19(14)23(30)27(16-8-4-3-5-9-16)24(25-20)31-13-12-26-21(28)17-10-6-7-11-18(17)22(26)29/h3-11H,12-13H2,1-2H3. The first-order chi connectivity index (χ1) is 15.5. The zero-order valence-electron chi connectivity index (χ0n) is 17.5. The quantitative estimate of drug-likeness (QED) is 0.249. The van der Waals surface area contributed by atoms with Gasteiger partial charge >= 0.3 is 0 Å². The second-order valence-corrected chi connectivity index (χ2v) is 9.76. The summed E-state index contributed by atoms with van der Waals surface area (Å²) in [6, 6.07) is 16.3. The van der Waals surface area contributed by atoms with E-state index in [0.29, 0.717) is 32.3 Å². The maximum absolute atomic E-state index is 13.5. The van der Waals surface area contributed by atoms with Crippen LogP contribution in [0.4, 0.5) is 0 Å². The number of aryl methyl sites for hydroxylation is 2. The lowest BCUT2D eigenvalue weighted by Gasteiger charge is -2.15. The molecule has 160 valence electrons. The lowest BCUT2D eigenvalue weighted by Crippen LogP contribution is -2.32. The summed E-state index contributed by atoms with van der Waals surface area (Å²) in [5, 5.41) is 1.19. The Morgan fingerprint density at radius 2 is 1.53 bits per heavy atom. The molecule has 2 amide bonds. The van der Waals surface area contributed by atoms with Crippen LogP contribution in [0.2, 0.25) is 0 Å². The van der Waals surface area contributed by atoms with Crippen LogP contribution in [0, 0.1) is 13.8 Å².